The van der Waals surface area contributed by atoms with E-state index >= 15 is 0 Å². The van der Waals surface area contributed by atoms with Crippen LogP contribution >= 0.6 is 22.6 Å². The molecule has 0 bridgehead atoms. The monoisotopic (exact) mass is 387 g/mol. The van der Waals surface area contributed by atoms with Crippen LogP contribution in [-0.2, 0) is 0 Å². The Morgan fingerprint density at radius 3 is 2.35 bits per heavy atom. The van der Waals surface area contributed by atoms with Gasteiger partial charge in [-0.05, 0) is 35.4 Å². The zero-order chi connectivity index (χ0) is 14.3. The highest BCUT2D eigenvalue weighted by molar-refractivity contribution is 14.1. The molecule has 1 heterocycles. The predicted molar refractivity (Wildman–Crippen MR) is 81.5 cm³/mol. The lowest BCUT2D eigenvalue weighted by molar-refractivity contribution is 0.151. The van der Waals surface area contributed by atoms with Gasteiger partial charge < -0.3 is 5.73 Å². The summed E-state index contributed by atoms with van der Waals surface area (Å²) in [6, 6.07) is 6.02. The molecule has 0 radical (unpaired) electrons. The van der Waals surface area contributed by atoms with Gasteiger partial charge in [0.05, 0.1) is 9.26 Å². The van der Waals surface area contributed by atoms with E-state index < -0.39 is 6.43 Å². The predicted octanol–water partition coefficient (Wildman–Crippen LogP) is 4.15. The van der Waals surface area contributed by atoms with Gasteiger partial charge in [-0.1, -0.05) is 24.3 Å². The number of alkyl halides is 2. The van der Waals surface area contributed by atoms with Crippen LogP contribution in [0.3, 0.4) is 0 Å². The molecule has 0 saturated heterocycles. The van der Waals surface area contributed by atoms with Gasteiger partial charge >= 0.3 is 0 Å². The number of benzene rings is 1. The van der Waals surface area contributed by atoms with E-state index in [2.05, 4.69) is 32.6 Å². The molecule has 1 aromatic carbocycles. The maximum absolute atomic E-state index is 12.5. The van der Waals surface area contributed by atoms with Gasteiger partial charge in [0.2, 0.25) is 0 Å². The number of hydrogen-bond donors (Lipinski definition) is 1. The Labute approximate surface area is 128 Å². The lowest BCUT2D eigenvalue weighted by Crippen LogP contribution is -2.04. The average Bonchev–Trinajstić information content (AvgIpc) is 3.26. The number of hydrogen-bond acceptors (Lipinski definition) is 3. The van der Waals surface area contributed by atoms with E-state index in [-0.39, 0.29) is 5.56 Å². The molecule has 2 N–H and O–H groups in total. The lowest BCUT2D eigenvalue weighted by atomic mass is 10.1. The summed E-state index contributed by atoms with van der Waals surface area (Å²) in [7, 11) is 0. The summed E-state index contributed by atoms with van der Waals surface area (Å²) in [6.45, 7) is 0. The molecule has 1 fully saturated rings. The first-order chi connectivity index (χ1) is 9.56. The molecule has 3 nitrogen and oxygen atoms in total. The Balaban J connectivity index is 2.01. The third-order valence-corrected chi connectivity index (χ3v) is 4.39. The first-order valence-corrected chi connectivity index (χ1v) is 7.35. The smallest absolute Gasteiger partial charge is 0.263 e. The number of nitrogen functional groups attached to an aromatic ring is 1. The SMILES string of the molecule is Nc1nc(-c2ccc(C(F)F)cc2)nc(C2CC2)c1I. The van der Waals surface area contributed by atoms with Crippen LogP contribution in [0.4, 0.5) is 14.6 Å². The topological polar surface area (TPSA) is 51.8 Å². The Bertz CT molecular complexity index is 640. The first kappa shape index (κ1) is 13.7. The van der Waals surface area contributed by atoms with Crippen LogP contribution < -0.4 is 5.73 Å². The molecule has 0 spiro atoms. The number of nitrogens with two attached hydrogens (primary N) is 1. The van der Waals surface area contributed by atoms with E-state index in [4.69, 9.17) is 5.73 Å². The standard InChI is InChI=1S/C14H12F2IN3/c15-12(16)8-3-5-9(6-4-8)14-19-11(7-1-2-7)10(17)13(18)20-14/h3-7,12H,1-2H2,(H2,18,19,20). The van der Waals surface area contributed by atoms with Crippen molar-refractivity contribution in [1.29, 1.82) is 0 Å². The molecule has 0 unspecified atom stereocenters. The minimum absolute atomic E-state index is 0.00495. The van der Waals surface area contributed by atoms with Crippen LogP contribution in [0.15, 0.2) is 24.3 Å². The number of rotatable bonds is 3. The van der Waals surface area contributed by atoms with Crippen LogP contribution in [0.25, 0.3) is 11.4 Å². The number of nitrogens with zero attached hydrogens (tertiary/aromatic N) is 2. The zero-order valence-corrected chi connectivity index (χ0v) is 12.6. The molecular formula is C14H12F2IN3. The number of anilines is 1. The maximum atomic E-state index is 12.5. The van der Waals surface area contributed by atoms with Gasteiger partial charge in [0, 0.05) is 17.0 Å². The highest BCUT2D eigenvalue weighted by atomic mass is 127. The van der Waals surface area contributed by atoms with E-state index in [0.29, 0.717) is 23.1 Å². The molecule has 1 aliphatic carbocycles. The molecule has 20 heavy (non-hydrogen) atoms. The van der Waals surface area contributed by atoms with Gasteiger partial charge in [-0.3, -0.25) is 0 Å². The summed E-state index contributed by atoms with van der Waals surface area (Å²) in [5.74, 6) is 1.42. The Morgan fingerprint density at radius 1 is 1.15 bits per heavy atom. The quantitative estimate of drug-likeness (QED) is 0.806. The maximum Gasteiger partial charge on any atom is 0.263 e. The number of halogens is 3. The molecule has 3 rings (SSSR count). The lowest BCUT2D eigenvalue weighted by Gasteiger charge is -2.09. The summed E-state index contributed by atoms with van der Waals surface area (Å²) < 4.78 is 26.0. The second-order valence-electron chi connectivity index (χ2n) is 4.83. The van der Waals surface area contributed by atoms with Crippen LogP contribution in [0, 0.1) is 3.57 Å². The normalized spacial score (nSPS) is 14.8. The van der Waals surface area contributed by atoms with Crippen LogP contribution in [0.1, 0.15) is 36.4 Å². The molecule has 0 amide bonds. The van der Waals surface area contributed by atoms with Crippen molar-refractivity contribution in [3.05, 3.63) is 39.1 Å². The Morgan fingerprint density at radius 2 is 1.80 bits per heavy atom. The second kappa shape index (κ2) is 5.23. The Hall–Kier alpha value is -1.31. The molecule has 1 aromatic heterocycles. The molecule has 1 saturated carbocycles. The van der Waals surface area contributed by atoms with Crippen molar-refractivity contribution < 1.29 is 8.78 Å². The fourth-order valence-corrected chi connectivity index (χ4v) is 2.70. The van der Waals surface area contributed by atoms with Crippen molar-refractivity contribution in [3.8, 4) is 11.4 Å². The summed E-state index contributed by atoms with van der Waals surface area (Å²) in [4.78, 5) is 8.81. The third kappa shape index (κ3) is 2.61. The van der Waals surface area contributed by atoms with E-state index in [1.165, 1.54) is 12.1 Å². The molecule has 1 aliphatic rings. The van der Waals surface area contributed by atoms with Crippen molar-refractivity contribution in [3.63, 3.8) is 0 Å². The summed E-state index contributed by atoms with van der Waals surface area (Å²) >= 11 is 2.16. The van der Waals surface area contributed by atoms with Gasteiger partial charge in [0.15, 0.2) is 5.82 Å². The Kier molecular flexibility index (Phi) is 3.57. The van der Waals surface area contributed by atoms with E-state index in [9.17, 15) is 8.78 Å². The molecule has 0 aliphatic heterocycles. The van der Waals surface area contributed by atoms with Crippen molar-refractivity contribution in [2.75, 3.05) is 5.73 Å². The van der Waals surface area contributed by atoms with E-state index in [0.717, 1.165) is 22.1 Å². The summed E-state index contributed by atoms with van der Waals surface area (Å²) in [6.07, 6.45) is -0.222. The molecular weight excluding hydrogens is 375 g/mol. The molecule has 2 aromatic rings. The summed E-state index contributed by atoms with van der Waals surface area (Å²) in [5, 5.41) is 0. The van der Waals surface area contributed by atoms with Crippen molar-refractivity contribution >= 4 is 28.4 Å². The van der Waals surface area contributed by atoms with Gasteiger partial charge in [-0.25, -0.2) is 18.7 Å². The zero-order valence-electron chi connectivity index (χ0n) is 10.5. The highest BCUT2D eigenvalue weighted by Gasteiger charge is 2.29. The summed E-state index contributed by atoms with van der Waals surface area (Å²) in [5.41, 5.74) is 7.60. The molecule has 0 atom stereocenters. The van der Waals surface area contributed by atoms with Gasteiger partial charge in [0.1, 0.15) is 5.82 Å². The van der Waals surface area contributed by atoms with Crippen LogP contribution in [0.2, 0.25) is 0 Å². The van der Waals surface area contributed by atoms with Crippen molar-refractivity contribution in [2.45, 2.75) is 25.2 Å². The minimum Gasteiger partial charge on any atom is -0.383 e. The average molecular weight is 387 g/mol. The minimum atomic E-state index is -2.46. The fraction of sp³-hybridized carbons (Fsp3) is 0.286. The molecule has 104 valence electrons. The molecule has 6 heteroatoms. The van der Waals surface area contributed by atoms with Crippen molar-refractivity contribution in [2.24, 2.45) is 0 Å². The fourth-order valence-electron chi connectivity index (χ4n) is 2.02. The van der Waals surface area contributed by atoms with Crippen molar-refractivity contribution in [1.82, 2.24) is 9.97 Å². The second-order valence-corrected chi connectivity index (χ2v) is 5.91. The van der Waals surface area contributed by atoms with Crippen LogP contribution in [0.5, 0.6) is 0 Å². The van der Waals surface area contributed by atoms with E-state index in [1.54, 1.807) is 12.1 Å². The van der Waals surface area contributed by atoms with Gasteiger partial charge in [-0.2, -0.15) is 0 Å². The van der Waals surface area contributed by atoms with Gasteiger partial charge in [-0.15, -0.1) is 0 Å². The highest BCUT2D eigenvalue weighted by Crippen LogP contribution is 2.42. The first-order valence-electron chi connectivity index (χ1n) is 6.27. The van der Waals surface area contributed by atoms with Gasteiger partial charge in [0.25, 0.3) is 6.43 Å². The van der Waals surface area contributed by atoms with Crippen LogP contribution in [-0.4, -0.2) is 9.97 Å². The van der Waals surface area contributed by atoms with E-state index in [1.807, 2.05) is 0 Å². The largest absolute Gasteiger partial charge is 0.383 e. The third-order valence-electron chi connectivity index (χ3n) is 3.29. The number of aromatic nitrogens is 2.